The van der Waals surface area contributed by atoms with Gasteiger partial charge in [-0.1, -0.05) is 0 Å². The van der Waals surface area contributed by atoms with Crippen molar-refractivity contribution in [2.75, 3.05) is 26.8 Å². The second-order valence-corrected chi connectivity index (χ2v) is 4.23. The van der Waals surface area contributed by atoms with Gasteiger partial charge in [0, 0.05) is 32.8 Å². The third kappa shape index (κ3) is 3.98. The number of hydrogen-bond acceptors (Lipinski definition) is 3. The van der Waals surface area contributed by atoms with E-state index in [0.29, 0.717) is 6.04 Å². The maximum atomic E-state index is 5.53. The van der Waals surface area contributed by atoms with Crippen molar-refractivity contribution in [3.63, 3.8) is 0 Å². The molecule has 3 N–H and O–H groups in total. The quantitative estimate of drug-likeness (QED) is 0.245. The zero-order valence-corrected chi connectivity index (χ0v) is 10.4. The van der Waals surface area contributed by atoms with Crippen LogP contribution in [0.1, 0.15) is 32.6 Å². The molecule has 0 spiro atoms. The fourth-order valence-electron chi connectivity index (χ4n) is 2.03. The zero-order chi connectivity index (χ0) is 11.8. The number of likely N-dealkylation sites (tertiary alicyclic amines) is 1. The van der Waals surface area contributed by atoms with Crippen molar-refractivity contribution in [3.05, 3.63) is 0 Å². The van der Waals surface area contributed by atoms with Gasteiger partial charge in [0.2, 0.25) is 5.96 Å². The Labute approximate surface area is 98.0 Å². The van der Waals surface area contributed by atoms with Crippen molar-refractivity contribution in [1.82, 2.24) is 10.3 Å². The van der Waals surface area contributed by atoms with Gasteiger partial charge in [-0.25, -0.2) is 5.84 Å². The Bertz CT molecular complexity index is 220. The van der Waals surface area contributed by atoms with E-state index in [-0.39, 0.29) is 0 Å². The van der Waals surface area contributed by atoms with Gasteiger partial charge in [-0.2, -0.15) is 0 Å². The van der Waals surface area contributed by atoms with Crippen LogP contribution in [0.5, 0.6) is 0 Å². The zero-order valence-electron chi connectivity index (χ0n) is 10.4. The summed E-state index contributed by atoms with van der Waals surface area (Å²) in [6.45, 7) is 4.78. The predicted molar refractivity (Wildman–Crippen MR) is 66.1 cm³/mol. The highest BCUT2D eigenvalue weighted by Crippen LogP contribution is 2.16. The van der Waals surface area contributed by atoms with Crippen LogP contribution in [0.15, 0.2) is 4.99 Å². The lowest BCUT2D eigenvalue weighted by Crippen LogP contribution is -2.50. The van der Waals surface area contributed by atoms with E-state index in [0.717, 1.165) is 32.1 Å². The van der Waals surface area contributed by atoms with E-state index in [1.54, 1.807) is 7.11 Å². The average Bonchev–Trinajstić information content (AvgIpc) is 2.31. The van der Waals surface area contributed by atoms with E-state index >= 15 is 0 Å². The summed E-state index contributed by atoms with van der Waals surface area (Å²) in [6.07, 6.45) is 4.69. The molecule has 94 valence electrons. The van der Waals surface area contributed by atoms with E-state index in [4.69, 9.17) is 10.6 Å². The Kier molecular flexibility index (Phi) is 6.18. The van der Waals surface area contributed by atoms with Crippen LogP contribution >= 0.6 is 0 Å². The lowest BCUT2D eigenvalue weighted by Gasteiger charge is -2.35. The standard InChI is InChI=1S/C11H24N4O/c1-10-6-3-4-8-15(10)11(14-12)13-7-5-9-16-2/h10H,3-9,12H2,1-2H3,(H,13,14). The summed E-state index contributed by atoms with van der Waals surface area (Å²) < 4.78 is 4.99. The van der Waals surface area contributed by atoms with Crippen molar-refractivity contribution in [3.8, 4) is 0 Å². The molecule has 16 heavy (non-hydrogen) atoms. The van der Waals surface area contributed by atoms with E-state index < -0.39 is 0 Å². The molecule has 1 saturated heterocycles. The first-order valence-corrected chi connectivity index (χ1v) is 6.06. The molecule has 0 radical (unpaired) electrons. The van der Waals surface area contributed by atoms with Gasteiger partial charge in [0.25, 0.3) is 0 Å². The van der Waals surface area contributed by atoms with Crippen LogP contribution in [0.25, 0.3) is 0 Å². The van der Waals surface area contributed by atoms with Gasteiger partial charge in [-0.3, -0.25) is 10.4 Å². The van der Waals surface area contributed by atoms with Crippen LogP contribution < -0.4 is 11.3 Å². The SMILES string of the molecule is COCCCN=C(NN)N1CCCCC1C. The van der Waals surface area contributed by atoms with Gasteiger partial charge in [0.05, 0.1) is 0 Å². The number of piperidine rings is 1. The monoisotopic (exact) mass is 228 g/mol. The van der Waals surface area contributed by atoms with Crippen LogP contribution in [0, 0.1) is 0 Å². The maximum absolute atomic E-state index is 5.53. The fourth-order valence-corrected chi connectivity index (χ4v) is 2.03. The van der Waals surface area contributed by atoms with Gasteiger partial charge in [-0.15, -0.1) is 0 Å². The molecule has 1 aliphatic heterocycles. The Morgan fingerprint density at radius 3 is 3.00 bits per heavy atom. The first kappa shape index (κ1) is 13.3. The molecule has 0 saturated carbocycles. The van der Waals surface area contributed by atoms with Gasteiger partial charge in [-0.05, 0) is 32.6 Å². The lowest BCUT2D eigenvalue weighted by atomic mass is 10.0. The molecule has 0 aliphatic carbocycles. The van der Waals surface area contributed by atoms with Crippen LogP contribution in [-0.4, -0.2) is 43.7 Å². The molecule has 0 amide bonds. The minimum absolute atomic E-state index is 0.533. The van der Waals surface area contributed by atoms with Gasteiger partial charge in [0.1, 0.15) is 0 Å². The molecule has 1 aliphatic rings. The van der Waals surface area contributed by atoms with E-state index in [1.165, 1.54) is 19.3 Å². The highest BCUT2D eigenvalue weighted by atomic mass is 16.5. The largest absolute Gasteiger partial charge is 0.385 e. The minimum atomic E-state index is 0.533. The predicted octanol–water partition coefficient (Wildman–Crippen LogP) is 0.717. The fraction of sp³-hybridized carbons (Fsp3) is 0.909. The number of ether oxygens (including phenoxy) is 1. The highest BCUT2D eigenvalue weighted by molar-refractivity contribution is 5.79. The van der Waals surface area contributed by atoms with Crippen molar-refractivity contribution >= 4 is 5.96 Å². The third-order valence-corrected chi connectivity index (χ3v) is 2.97. The van der Waals surface area contributed by atoms with Crippen molar-refractivity contribution in [2.24, 2.45) is 10.8 Å². The molecule has 0 aromatic carbocycles. The Hall–Kier alpha value is -0.810. The third-order valence-electron chi connectivity index (χ3n) is 2.97. The van der Waals surface area contributed by atoms with Crippen molar-refractivity contribution in [2.45, 2.75) is 38.6 Å². The smallest absolute Gasteiger partial charge is 0.208 e. The van der Waals surface area contributed by atoms with Gasteiger partial charge >= 0.3 is 0 Å². The number of aliphatic imine (C=N–C) groups is 1. The molecule has 0 aromatic heterocycles. The summed E-state index contributed by atoms with van der Waals surface area (Å²) in [5, 5.41) is 0. The summed E-state index contributed by atoms with van der Waals surface area (Å²) in [5.41, 5.74) is 2.71. The summed E-state index contributed by atoms with van der Waals surface area (Å²) >= 11 is 0. The number of nitrogens with two attached hydrogens (primary N) is 1. The maximum Gasteiger partial charge on any atom is 0.208 e. The molecule has 1 heterocycles. The number of nitrogens with one attached hydrogen (secondary N) is 1. The second kappa shape index (κ2) is 7.46. The molecule has 1 atom stereocenters. The summed E-state index contributed by atoms with van der Waals surface area (Å²) in [6, 6.07) is 0.533. The normalized spacial score (nSPS) is 22.3. The number of nitrogens with zero attached hydrogens (tertiary/aromatic N) is 2. The van der Waals surface area contributed by atoms with Gasteiger partial charge in [0.15, 0.2) is 0 Å². The Morgan fingerprint density at radius 2 is 2.38 bits per heavy atom. The summed E-state index contributed by atoms with van der Waals surface area (Å²) in [5.74, 6) is 6.35. The molecule has 5 heteroatoms. The first-order chi connectivity index (χ1) is 7.79. The molecule has 5 nitrogen and oxygen atoms in total. The van der Waals surface area contributed by atoms with E-state index in [1.807, 2.05) is 0 Å². The van der Waals surface area contributed by atoms with Crippen LogP contribution in [0.3, 0.4) is 0 Å². The van der Waals surface area contributed by atoms with Gasteiger partial charge < -0.3 is 9.64 Å². The molecule has 1 unspecified atom stereocenters. The number of methoxy groups -OCH3 is 1. The number of guanidine groups is 1. The summed E-state index contributed by atoms with van der Waals surface area (Å²) in [4.78, 5) is 6.74. The molecule has 0 aromatic rings. The van der Waals surface area contributed by atoms with Crippen LogP contribution in [0.4, 0.5) is 0 Å². The first-order valence-electron chi connectivity index (χ1n) is 6.06. The van der Waals surface area contributed by atoms with Crippen LogP contribution in [-0.2, 0) is 4.74 Å². The number of rotatable bonds is 4. The molecular weight excluding hydrogens is 204 g/mol. The number of hydrogen-bond donors (Lipinski definition) is 2. The molecule has 0 bridgehead atoms. The Balaban J connectivity index is 2.44. The summed E-state index contributed by atoms with van der Waals surface area (Å²) in [7, 11) is 1.71. The second-order valence-electron chi connectivity index (χ2n) is 4.23. The van der Waals surface area contributed by atoms with Crippen LogP contribution in [0.2, 0.25) is 0 Å². The Morgan fingerprint density at radius 1 is 1.56 bits per heavy atom. The molecular formula is C11H24N4O. The minimum Gasteiger partial charge on any atom is -0.385 e. The lowest BCUT2D eigenvalue weighted by molar-refractivity contribution is 0.196. The van der Waals surface area contributed by atoms with E-state index in [2.05, 4.69) is 22.2 Å². The van der Waals surface area contributed by atoms with E-state index in [9.17, 15) is 0 Å². The topological polar surface area (TPSA) is 62.9 Å². The molecule has 1 rings (SSSR count). The molecule has 1 fully saturated rings. The number of hydrazine groups is 1. The highest BCUT2D eigenvalue weighted by Gasteiger charge is 2.20. The van der Waals surface area contributed by atoms with Crippen molar-refractivity contribution < 1.29 is 4.74 Å². The van der Waals surface area contributed by atoms with Crippen molar-refractivity contribution in [1.29, 1.82) is 0 Å². The average molecular weight is 228 g/mol.